The van der Waals surface area contributed by atoms with Crippen LogP contribution in [0, 0.1) is 0 Å². The summed E-state index contributed by atoms with van der Waals surface area (Å²) in [7, 11) is -2.13. The zero-order valence-electron chi connectivity index (χ0n) is 17.7. The molecule has 1 atom stereocenters. The van der Waals surface area contributed by atoms with Gasteiger partial charge in [-0.1, -0.05) is 108 Å². The van der Waals surface area contributed by atoms with E-state index in [-0.39, 0.29) is 18.6 Å². The second-order valence-electron chi connectivity index (χ2n) is 8.25. The molecule has 1 aliphatic heterocycles. The minimum Gasteiger partial charge on any atom is -0.447 e. The fourth-order valence-electron chi connectivity index (χ4n) is 4.35. The Kier molecular flexibility index (Phi) is 6.33. The van der Waals surface area contributed by atoms with Crippen molar-refractivity contribution in [2.75, 3.05) is 6.61 Å². The molecule has 2 amide bonds. The molecule has 3 aromatic rings. The summed E-state index contributed by atoms with van der Waals surface area (Å²) in [6, 6.07) is 31.3. The first-order valence-corrected chi connectivity index (χ1v) is 13.4. The third-order valence-electron chi connectivity index (χ3n) is 6.20. The molecule has 1 heterocycles. The average molecular weight is 430 g/mol. The zero-order valence-corrected chi connectivity index (χ0v) is 18.7. The second kappa shape index (κ2) is 9.31. The number of benzene rings is 3. The average Bonchev–Trinajstić information content (AvgIpc) is 3.19. The molecule has 1 aliphatic rings. The minimum atomic E-state index is -2.13. The van der Waals surface area contributed by atoms with Gasteiger partial charge < -0.3 is 4.74 Å². The quantitative estimate of drug-likeness (QED) is 0.536. The van der Waals surface area contributed by atoms with Gasteiger partial charge in [0.1, 0.15) is 14.7 Å². The number of hydrogen-bond donors (Lipinski definition) is 0. The zero-order chi connectivity index (χ0) is 21.7. The van der Waals surface area contributed by atoms with Crippen molar-refractivity contribution in [1.29, 1.82) is 0 Å². The minimum absolute atomic E-state index is 0.144. The Morgan fingerprint density at radius 2 is 1.42 bits per heavy atom. The third kappa shape index (κ3) is 4.62. The van der Waals surface area contributed by atoms with E-state index in [4.69, 9.17) is 4.74 Å². The number of ether oxygens (including phenoxy) is 1. The summed E-state index contributed by atoms with van der Waals surface area (Å²) in [4.78, 5) is 26.9. The van der Waals surface area contributed by atoms with E-state index in [2.05, 4.69) is 55.1 Å². The van der Waals surface area contributed by atoms with Gasteiger partial charge in [-0.25, -0.2) is 9.69 Å². The van der Waals surface area contributed by atoms with E-state index in [0.717, 1.165) is 11.6 Å². The van der Waals surface area contributed by atoms with Gasteiger partial charge >= 0.3 is 6.09 Å². The van der Waals surface area contributed by atoms with Crippen LogP contribution in [0.1, 0.15) is 12.0 Å². The maximum Gasteiger partial charge on any atom is 0.416 e. The van der Waals surface area contributed by atoms with Crippen LogP contribution in [0.15, 0.2) is 91.0 Å². The molecule has 0 spiro atoms. The Bertz CT molecular complexity index is 985. The molecule has 1 saturated heterocycles. The van der Waals surface area contributed by atoms with Crippen molar-refractivity contribution in [3.8, 4) is 0 Å². The van der Waals surface area contributed by atoms with Gasteiger partial charge in [0.15, 0.2) is 0 Å². The van der Waals surface area contributed by atoms with Gasteiger partial charge in [-0.3, -0.25) is 4.79 Å². The van der Waals surface area contributed by atoms with Crippen molar-refractivity contribution >= 4 is 30.4 Å². The SMILES string of the molecule is C[Si](CCC(=O)N1C(=O)OC[C@H]1Cc1ccccc1)(c1ccccc1)c1ccccc1. The first-order valence-electron chi connectivity index (χ1n) is 10.7. The molecule has 0 unspecified atom stereocenters. The number of carbonyl (C=O) groups excluding carboxylic acids is 2. The largest absolute Gasteiger partial charge is 0.447 e. The predicted octanol–water partition coefficient (Wildman–Crippen LogP) is 3.86. The number of cyclic esters (lactones) is 1. The highest BCUT2D eigenvalue weighted by Crippen LogP contribution is 2.21. The van der Waals surface area contributed by atoms with E-state index in [1.54, 1.807) is 0 Å². The van der Waals surface area contributed by atoms with Gasteiger partial charge in [-0.05, 0) is 18.0 Å². The van der Waals surface area contributed by atoms with Crippen LogP contribution in [0.25, 0.3) is 0 Å². The van der Waals surface area contributed by atoms with Crippen LogP contribution in [0.4, 0.5) is 4.79 Å². The molecule has 1 fully saturated rings. The van der Waals surface area contributed by atoms with Gasteiger partial charge in [-0.15, -0.1) is 0 Å². The first-order chi connectivity index (χ1) is 15.1. The smallest absolute Gasteiger partial charge is 0.416 e. The maximum absolute atomic E-state index is 13.2. The van der Waals surface area contributed by atoms with E-state index in [9.17, 15) is 9.59 Å². The lowest BCUT2D eigenvalue weighted by molar-refractivity contribution is -0.128. The monoisotopic (exact) mass is 429 g/mol. The predicted molar refractivity (Wildman–Crippen MR) is 125 cm³/mol. The van der Waals surface area contributed by atoms with Crippen LogP contribution >= 0.6 is 0 Å². The normalized spacial score (nSPS) is 16.2. The van der Waals surface area contributed by atoms with Crippen molar-refractivity contribution < 1.29 is 14.3 Å². The van der Waals surface area contributed by atoms with Crippen molar-refractivity contribution in [3.05, 3.63) is 96.6 Å². The molecule has 3 aromatic carbocycles. The molecule has 0 radical (unpaired) electrons. The fourth-order valence-corrected chi connectivity index (χ4v) is 7.83. The highest BCUT2D eigenvalue weighted by atomic mass is 28.3. The summed E-state index contributed by atoms with van der Waals surface area (Å²) in [5.41, 5.74) is 1.09. The molecule has 0 aromatic heterocycles. The lowest BCUT2D eigenvalue weighted by Gasteiger charge is -2.29. The van der Waals surface area contributed by atoms with Crippen molar-refractivity contribution in [2.45, 2.75) is 31.5 Å². The molecule has 0 bridgehead atoms. The van der Waals surface area contributed by atoms with Crippen LogP contribution < -0.4 is 10.4 Å². The third-order valence-corrected chi connectivity index (χ3v) is 10.7. The van der Waals surface area contributed by atoms with Crippen LogP contribution in [0.5, 0.6) is 0 Å². The summed E-state index contributed by atoms with van der Waals surface area (Å²) in [5.74, 6) is -0.144. The Morgan fingerprint density at radius 1 is 0.903 bits per heavy atom. The number of amides is 2. The van der Waals surface area contributed by atoms with Crippen LogP contribution in [-0.4, -0.2) is 37.6 Å². The fraction of sp³-hybridized carbons (Fsp3) is 0.231. The molecular weight excluding hydrogens is 402 g/mol. The highest BCUT2D eigenvalue weighted by Gasteiger charge is 2.39. The Balaban J connectivity index is 1.53. The molecular formula is C26H27NO3Si. The number of rotatable bonds is 7. The topological polar surface area (TPSA) is 46.6 Å². The van der Waals surface area contributed by atoms with E-state index in [1.165, 1.54) is 15.3 Å². The Labute approximate surface area is 184 Å². The number of carbonyl (C=O) groups is 2. The molecule has 4 rings (SSSR count). The van der Waals surface area contributed by atoms with Crippen LogP contribution in [-0.2, 0) is 16.0 Å². The van der Waals surface area contributed by atoms with E-state index < -0.39 is 14.2 Å². The van der Waals surface area contributed by atoms with Crippen LogP contribution in [0.2, 0.25) is 12.6 Å². The van der Waals surface area contributed by atoms with E-state index in [0.29, 0.717) is 12.8 Å². The van der Waals surface area contributed by atoms with Gasteiger partial charge in [0.05, 0.1) is 6.04 Å². The summed E-state index contributed by atoms with van der Waals surface area (Å²) in [6.45, 7) is 2.56. The number of imide groups is 1. The summed E-state index contributed by atoms with van der Waals surface area (Å²) in [5, 5.41) is 2.58. The first kappa shape index (κ1) is 21.1. The standard InChI is InChI=1S/C26H27NO3Si/c1-31(23-13-7-3-8-14-23,24-15-9-4-10-16-24)18-17-25(28)27-22(20-30-26(27)29)19-21-11-5-2-6-12-21/h2-16,22H,17-20H2,1H3/t22-/m1/s1. The van der Waals surface area contributed by atoms with E-state index in [1.807, 2.05) is 42.5 Å². The molecule has 5 heteroatoms. The molecule has 158 valence electrons. The highest BCUT2D eigenvalue weighted by molar-refractivity contribution is 7.01. The van der Waals surface area contributed by atoms with Crippen molar-refractivity contribution in [2.24, 2.45) is 0 Å². The Morgan fingerprint density at radius 3 is 1.97 bits per heavy atom. The molecule has 0 saturated carbocycles. The number of nitrogens with zero attached hydrogens (tertiary/aromatic N) is 1. The molecule has 0 aliphatic carbocycles. The maximum atomic E-state index is 13.2. The van der Waals surface area contributed by atoms with E-state index >= 15 is 0 Å². The molecule has 4 nitrogen and oxygen atoms in total. The molecule has 31 heavy (non-hydrogen) atoms. The van der Waals surface area contributed by atoms with Crippen molar-refractivity contribution in [3.63, 3.8) is 0 Å². The summed E-state index contributed by atoms with van der Waals surface area (Å²) < 4.78 is 5.25. The van der Waals surface area contributed by atoms with Gasteiger partial charge in [0.25, 0.3) is 0 Å². The van der Waals surface area contributed by atoms with Gasteiger partial charge in [-0.2, -0.15) is 0 Å². The second-order valence-corrected chi connectivity index (χ2v) is 12.6. The lowest BCUT2D eigenvalue weighted by Crippen LogP contribution is -2.56. The molecule has 0 N–H and O–H groups in total. The Hall–Kier alpha value is -3.18. The summed E-state index contributed by atoms with van der Waals surface area (Å²) >= 11 is 0. The number of hydrogen-bond acceptors (Lipinski definition) is 3. The van der Waals surface area contributed by atoms with Crippen LogP contribution in [0.3, 0.4) is 0 Å². The van der Waals surface area contributed by atoms with Gasteiger partial charge in [0, 0.05) is 6.42 Å². The van der Waals surface area contributed by atoms with Crippen molar-refractivity contribution in [1.82, 2.24) is 4.90 Å². The summed E-state index contributed by atoms with van der Waals surface area (Å²) in [6.07, 6.45) is 0.422. The van der Waals surface area contributed by atoms with Gasteiger partial charge in [0.2, 0.25) is 5.91 Å². The lowest BCUT2D eigenvalue weighted by atomic mass is 10.1.